The van der Waals surface area contributed by atoms with Crippen molar-refractivity contribution in [2.75, 3.05) is 25.6 Å². The van der Waals surface area contributed by atoms with E-state index in [2.05, 4.69) is 30.3 Å². The maximum atomic E-state index is 13.4. The maximum Gasteiger partial charge on any atom is 0.406 e. The van der Waals surface area contributed by atoms with E-state index in [-0.39, 0.29) is 32.0 Å². The van der Waals surface area contributed by atoms with Crippen molar-refractivity contribution in [1.29, 1.82) is 0 Å². The first-order chi connectivity index (χ1) is 13.8. The van der Waals surface area contributed by atoms with Gasteiger partial charge in [0.1, 0.15) is 12.4 Å². The summed E-state index contributed by atoms with van der Waals surface area (Å²) in [6.45, 7) is 2.29. The first-order valence-electron chi connectivity index (χ1n) is 9.25. The van der Waals surface area contributed by atoms with Crippen LogP contribution in [-0.2, 0) is 4.74 Å². The van der Waals surface area contributed by atoms with E-state index >= 15 is 0 Å². The van der Waals surface area contributed by atoms with Crippen LogP contribution in [0.15, 0.2) is 11.4 Å². The van der Waals surface area contributed by atoms with Gasteiger partial charge in [0, 0.05) is 36.0 Å². The Labute approximate surface area is 171 Å². The van der Waals surface area contributed by atoms with Gasteiger partial charge >= 0.3 is 6.09 Å². The van der Waals surface area contributed by atoms with Crippen molar-refractivity contribution in [2.24, 2.45) is 0 Å². The van der Waals surface area contributed by atoms with Gasteiger partial charge < -0.3 is 20.1 Å². The lowest BCUT2D eigenvalue weighted by Gasteiger charge is -2.29. The van der Waals surface area contributed by atoms with E-state index < -0.39 is 12.0 Å². The molecule has 11 heteroatoms. The number of hydrogen-bond donors (Lipinski definition) is 2. The molecule has 1 fully saturated rings. The number of thiazole rings is 1. The molecular weight excluding hydrogens is 404 g/mol. The summed E-state index contributed by atoms with van der Waals surface area (Å²) in [7, 11) is 1.28. The molecule has 1 aliphatic rings. The molecule has 0 unspecified atom stereocenters. The van der Waals surface area contributed by atoms with Crippen molar-refractivity contribution in [3.8, 4) is 16.7 Å². The van der Waals surface area contributed by atoms with Crippen LogP contribution in [0.5, 0.6) is 5.88 Å². The Morgan fingerprint density at radius 3 is 2.72 bits per heavy atom. The molecule has 2 aromatic heterocycles. The lowest BCUT2D eigenvalue weighted by molar-refractivity contribution is -0.0361. The summed E-state index contributed by atoms with van der Waals surface area (Å²) >= 11 is 1.41. The molecule has 8 nitrogen and oxygen atoms in total. The van der Waals surface area contributed by atoms with Gasteiger partial charge in [0.2, 0.25) is 11.8 Å². The Morgan fingerprint density at radius 2 is 2.07 bits per heavy atom. The van der Waals surface area contributed by atoms with Crippen LogP contribution in [0, 0.1) is 6.92 Å². The van der Waals surface area contributed by atoms with Crippen LogP contribution in [0.1, 0.15) is 31.4 Å². The number of nitrogens with zero attached hydrogens (tertiary/aromatic N) is 3. The van der Waals surface area contributed by atoms with Crippen LogP contribution in [0.3, 0.4) is 0 Å². The molecule has 0 radical (unpaired) electrons. The van der Waals surface area contributed by atoms with Crippen LogP contribution < -0.4 is 15.4 Å². The number of anilines is 1. The zero-order valence-corrected chi connectivity index (χ0v) is 17.0. The monoisotopic (exact) mass is 427 g/mol. The molecule has 158 valence electrons. The molecule has 2 heterocycles. The lowest BCUT2D eigenvalue weighted by atomic mass is 9.92. The fourth-order valence-corrected chi connectivity index (χ4v) is 3.63. The molecule has 0 aliphatic heterocycles. The predicted molar refractivity (Wildman–Crippen MR) is 105 cm³/mol. The maximum absolute atomic E-state index is 13.4. The third-order valence-electron chi connectivity index (χ3n) is 4.39. The number of carbonyl (C=O) groups is 1. The number of hydrogen-bond acceptors (Lipinski definition) is 8. The van der Waals surface area contributed by atoms with E-state index in [1.54, 1.807) is 6.07 Å². The number of alkyl halides is 2. The number of alkyl carbamates (subject to hydrolysis) is 1. The molecule has 3 rings (SSSR count). The van der Waals surface area contributed by atoms with Crippen LogP contribution in [0.2, 0.25) is 0 Å². The van der Waals surface area contributed by atoms with Crippen molar-refractivity contribution >= 4 is 23.2 Å². The van der Waals surface area contributed by atoms with Gasteiger partial charge in [-0.2, -0.15) is 4.98 Å². The lowest BCUT2D eigenvalue weighted by Crippen LogP contribution is -2.32. The quantitative estimate of drug-likeness (QED) is 0.651. The second-order valence-electron chi connectivity index (χ2n) is 6.75. The zero-order valence-electron chi connectivity index (χ0n) is 16.2. The largest absolute Gasteiger partial charge is 0.476 e. The highest BCUT2D eigenvalue weighted by atomic mass is 32.1. The number of halogens is 2. The molecule has 1 aliphatic carbocycles. The van der Waals surface area contributed by atoms with E-state index in [1.807, 2.05) is 12.3 Å². The van der Waals surface area contributed by atoms with Crippen LogP contribution in [-0.4, -0.2) is 53.3 Å². The van der Waals surface area contributed by atoms with Crippen molar-refractivity contribution in [2.45, 2.75) is 44.6 Å². The predicted octanol–water partition coefficient (Wildman–Crippen LogP) is 3.63. The molecule has 29 heavy (non-hydrogen) atoms. The minimum atomic E-state index is -2.59. The Morgan fingerprint density at radius 1 is 1.31 bits per heavy atom. The summed E-state index contributed by atoms with van der Waals surface area (Å²) in [5.74, 6) is -1.40. The second kappa shape index (κ2) is 9.29. The normalized spacial score (nSPS) is 16.3. The highest BCUT2D eigenvalue weighted by molar-refractivity contribution is 7.13. The standard InChI is InChI=1S/C18H23F2N5O3S/c1-11-10-29-16(22-11)15-24-13(23-12-3-5-18(19,20)6-4-12)9-14(25-15)28-8-7-21-17(26)27-2/h9-10,12H,3-8H2,1-2H3,(H,21,26)(H,23,24,25). The summed E-state index contributed by atoms with van der Waals surface area (Å²) in [5.41, 5.74) is 0.853. The van der Waals surface area contributed by atoms with Gasteiger partial charge in [0.25, 0.3) is 0 Å². The van der Waals surface area contributed by atoms with E-state index in [0.29, 0.717) is 35.4 Å². The number of nitrogens with one attached hydrogen (secondary N) is 2. The number of carbonyl (C=O) groups excluding carboxylic acids is 1. The Bertz CT molecular complexity index is 839. The summed E-state index contributed by atoms with van der Waals surface area (Å²) < 4.78 is 36.9. The van der Waals surface area contributed by atoms with Crippen LogP contribution >= 0.6 is 11.3 Å². The highest BCUT2D eigenvalue weighted by Gasteiger charge is 2.35. The van der Waals surface area contributed by atoms with Crippen molar-refractivity contribution in [3.63, 3.8) is 0 Å². The third-order valence-corrected chi connectivity index (χ3v) is 5.34. The van der Waals surface area contributed by atoms with Gasteiger partial charge in [-0.25, -0.2) is 23.5 Å². The summed E-state index contributed by atoms with van der Waals surface area (Å²) in [4.78, 5) is 24.4. The van der Waals surface area contributed by atoms with E-state index in [0.717, 1.165) is 5.69 Å². The number of methoxy groups -OCH3 is 1. The Balaban J connectivity index is 1.71. The SMILES string of the molecule is COC(=O)NCCOc1cc(NC2CCC(F)(F)CC2)nc(-c2nc(C)cs2)n1. The van der Waals surface area contributed by atoms with Gasteiger partial charge in [-0.05, 0) is 19.8 Å². The van der Waals surface area contributed by atoms with Crippen molar-refractivity contribution in [3.05, 3.63) is 17.1 Å². The molecule has 0 aromatic carbocycles. The number of ether oxygens (including phenoxy) is 2. The number of amides is 1. The minimum absolute atomic E-state index is 0.0933. The average Bonchev–Trinajstić information content (AvgIpc) is 3.13. The topological polar surface area (TPSA) is 98.3 Å². The fourth-order valence-electron chi connectivity index (χ4n) is 2.90. The van der Waals surface area contributed by atoms with E-state index in [4.69, 9.17) is 4.74 Å². The van der Waals surface area contributed by atoms with Gasteiger partial charge in [0.05, 0.1) is 13.7 Å². The number of aryl methyl sites for hydroxylation is 1. The molecular formula is C18H23F2N5O3S. The van der Waals surface area contributed by atoms with Crippen LogP contribution in [0.4, 0.5) is 19.4 Å². The van der Waals surface area contributed by atoms with E-state index in [9.17, 15) is 13.6 Å². The second-order valence-corrected chi connectivity index (χ2v) is 7.61. The zero-order chi connectivity index (χ0) is 20.9. The average molecular weight is 427 g/mol. The number of aromatic nitrogens is 3. The van der Waals surface area contributed by atoms with Crippen molar-refractivity contribution in [1.82, 2.24) is 20.3 Å². The Kier molecular flexibility index (Phi) is 6.78. The van der Waals surface area contributed by atoms with Crippen molar-refractivity contribution < 1.29 is 23.0 Å². The molecule has 1 amide bonds. The molecule has 0 spiro atoms. The van der Waals surface area contributed by atoms with Gasteiger partial charge in [-0.3, -0.25) is 0 Å². The first-order valence-corrected chi connectivity index (χ1v) is 10.1. The minimum Gasteiger partial charge on any atom is -0.476 e. The molecule has 0 atom stereocenters. The number of rotatable bonds is 7. The first kappa shape index (κ1) is 21.2. The van der Waals surface area contributed by atoms with Gasteiger partial charge in [0.15, 0.2) is 10.8 Å². The fraction of sp³-hybridized carbons (Fsp3) is 0.556. The summed E-state index contributed by atoms with van der Waals surface area (Å²) in [6.07, 6.45) is -0.107. The van der Waals surface area contributed by atoms with Gasteiger partial charge in [-0.1, -0.05) is 0 Å². The highest BCUT2D eigenvalue weighted by Crippen LogP contribution is 2.34. The molecule has 2 N–H and O–H groups in total. The summed E-state index contributed by atoms with van der Waals surface area (Å²) in [6, 6.07) is 1.53. The summed E-state index contributed by atoms with van der Waals surface area (Å²) in [5, 5.41) is 8.26. The molecule has 1 saturated carbocycles. The molecule has 0 bridgehead atoms. The third kappa shape index (κ3) is 6.21. The molecule has 2 aromatic rings. The van der Waals surface area contributed by atoms with Gasteiger partial charge in [-0.15, -0.1) is 11.3 Å². The van der Waals surface area contributed by atoms with Crippen LogP contribution in [0.25, 0.3) is 10.8 Å². The van der Waals surface area contributed by atoms with E-state index in [1.165, 1.54) is 18.4 Å². The smallest absolute Gasteiger partial charge is 0.406 e. The Hall–Kier alpha value is -2.56. The molecule has 0 saturated heterocycles.